The number of alkyl halides is 1. The monoisotopic (exact) mass is 305 g/mol. The molecule has 0 spiro atoms. The molecule has 0 saturated carbocycles. The van der Waals surface area contributed by atoms with E-state index in [-0.39, 0.29) is 9.89 Å². The highest BCUT2D eigenvalue weighted by Crippen LogP contribution is 2.13. The minimum absolute atomic E-state index is 0.138. The van der Waals surface area contributed by atoms with Crippen LogP contribution in [0.25, 0.3) is 0 Å². The van der Waals surface area contributed by atoms with Crippen molar-refractivity contribution in [3.63, 3.8) is 0 Å². The Balaban J connectivity index is 2.60. The molecule has 0 aliphatic heterocycles. The molecule has 1 aromatic rings. The lowest BCUT2D eigenvalue weighted by Gasteiger charge is -2.07. The molecule has 0 heterocycles. The molecular formula is C10H12INO2. The third kappa shape index (κ3) is 3.17. The van der Waals surface area contributed by atoms with Crippen molar-refractivity contribution in [1.29, 1.82) is 0 Å². The van der Waals surface area contributed by atoms with E-state index in [2.05, 4.69) is 27.3 Å². The molecule has 14 heavy (non-hydrogen) atoms. The second-order valence-electron chi connectivity index (χ2n) is 2.94. The molecular weight excluding hydrogens is 293 g/mol. The standard InChI is InChI=1S/C10H12INO2/c1-14-10(13)9(11)6-7-2-4-8(12)5-3-7/h2-5,9H,6,12H2,1H3/t9-/m1/s1. The van der Waals surface area contributed by atoms with Crippen LogP contribution in [0.4, 0.5) is 5.69 Å². The van der Waals surface area contributed by atoms with Gasteiger partial charge in [-0.25, -0.2) is 0 Å². The maximum atomic E-state index is 11.1. The molecule has 1 atom stereocenters. The Morgan fingerprint density at radius 2 is 2.07 bits per heavy atom. The van der Waals surface area contributed by atoms with E-state index in [4.69, 9.17) is 5.73 Å². The van der Waals surface area contributed by atoms with Crippen LogP contribution < -0.4 is 5.73 Å². The van der Waals surface area contributed by atoms with Gasteiger partial charge in [-0.1, -0.05) is 34.7 Å². The van der Waals surface area contributed by atoms with Gasteiger partial charge in [-0.2, -0.15) is 0 Å². The second kappa shape index (κ2) is 5.19. The molecule has 0 fully saturated rings. The number of esters is 1. The normalized spacial score (nSPS) is 12.1. The number of halogens is 1. The van der Waals surface area contributed by atoms with E-state index in [9.17, 15) is 4.79 Å². The van der Waals surface area contributed by atoms with Crippen molar-refractivity contribution in [2.75, 3.05) is 12.8 Å². The topological polar surface area (TPSA) is 52.3 Å². The largest absolute Gasteiger partial charge is 0.468 e. The zero-order chi connectivity index (χ0) is 10.6. The highest BCUT2D eigenvalue weighted by molar-refractivity contribution is 14.1. The Labute approximate surface area is 96.8 Å². The van der Waals surface area contributed by atoms with Crippen LogP contribution in [0.5, 0.6) is 0 Å². The van der Waals surface area contributed by atoms with Crippen molar-refractivity contribution in [3.05, 3.63) is 29.8 Å². The average molecular weight is 305 g/mol. The summed E-state index contributed by atoms with van der Waals surface area (Å²) in [6.07, 6.45) is 0.674. The number of carbonyl (C=O) groups is 1. The molecule has 1 aromatic carbocycles. The number of hydrogen-bond acceptors (Lipinski definition) is 3. The summed E-state index contributed by atoms with van der Waals surface area (Å²) in [5.74, 6) is -0.192. The molecule has 0 amide bonds. The summed E-state index contributed by atoms with van der Waals surface area (Å²) < 4.78 is 4.50. The van der Waals surface area contributed by atoms with Crippen molar-refractivity contribution >= 4 is 34.2 Å². The van der Waals surface area contributed by atoms with Gasteiger partial charge in [-0.3, -0.25) is 4.79 Å². The molecule has 0 saturated heterocycles. The first kappa shape index (κ1) is 11.3. The van der Waals surface area contributed by atoms with Crippen molar-refractivity contribution in [2.45, 2.75) is 10.3 Å². The van der Waals surface area contributed by atoms with E-state index in [0.29, 0.717) is 6.42 Å². The lowest BCUT2D eigenvalue weighted by atomic mass is 10.1. The Hall–Kier alpha value is -0.780. The average Bonchev–Trinajstić information content (AvgIpc) is 2.20. The molecule has 3 nitrogen and oxygen atoms in total. The minimum Gasteiger partial charge on any atom is -0.468 e. The molecule has 0 aliphatic carbocycles. The van der Waals surface area contributed by atoms with Gasteiger partial charge in [0.25, 0.3) is 0 Å². The summed E-state index contributed by atoms with van der Waals surface area (Å²) in [6, 6.07) is 7.50. The van der Waals surface area contributed by atoms with Gasteiger partial charge in [0.1, 0.15) is 3.92 Å². The van der Waals surface area contributed by atoms with Crippen molar-refractivity contribution in [2.24, 2.45) is 0 Å². The first-order valence-corrected chi connectivity index (χ1v) is 5.44. The Morgan fingerprint density at radius 3 is 2.57 bits per heavy atom. The van der Waals surface area contributed by atoms with Crippen LogP contribution in [0.15, 0.2) is 24.3 Å². The first-order chi connectivity index (χ1) is 6.63. The molecule has 2 N–H and O–H groups in total. The quantitative estimate of drug-likeness (QED) is 0.401. The third-order valence-electron chi connectivity index (χ3n) is 1.85. The Bertz CT molecular complexity index is 310. The van der Waals surface area contributed by atoms with Crippen LogP contribution in [-0.4, -0.2) is 17.0 Å². The lowest BCUT2D eigenvalue weighted by Crippen LogP contribution is -2.17. The van der Waals surface area contributed by atoms with Gasteiger partial charge in [0, 0.05) is 5.69 Å². The van der Waals surface area contributed by atoms with E-state index >= 15 is 0 Å². The summed E-state index contributed by atoms with van der Waals surface area (Å²) >= 11 is 2.07. The number of carbonyl (C=O) groups excluding carboxylic acids is 1. The number of nitrogen functional groups attached to an aromatic ring is 1. The van der Waals surface area contributed by atoms with E-state index in [1.54, 1.807) is 0 Å². The van der Waals surface area contributed by atoms with Gasteiger partial charge in [-0.15, -0.1) is 0 Å². The number of hydrogen-bond donors (Lipinski definition) is 1. The van der Waals surface area contributed by atoms with Crippen LogP contribution in [0.2, 0.25) is 0 Å². The van der Waals surface area contributed by atoms with Crippen molar-refractivity contribution < 1.29 is 9.53 Å². The maximum Gasteiger partial charge on any atom is 0.318 e. The van der Waals surface area contributed by atoms with Crippen LogP contribution in [-0.2, 0) is 16.0 Å². The summed E-state index contributed by atoms with van der Waals surface area (Å²) in [7, 11) is 1.40. The number of benzene rings is 1. The number of anilines is 1. The highest BCUT2D eigenvalue weighted by Gasteiger charge is 2.15. The predicted molar refractivity (Wildman–Crippen MR) is 64.4 cm³/mol. The molecule has 0 unspecified atom stereocenters. The van der Waals surface area contributed by atoms with E-state index in [0.717, 1.165) is 11.3 Å². The number of nitrogens with two attached hydrogens (primary N) is 1. The van der Waals surface area contributed by atoms with Gasteiger partial charge >= 0.3 is 5.97 Å². The fraction of sp³-hybridized carbons (Fsp3) is 0.300. The number of ether oxygens (including phenoxy) is 1. The molecule has 4 heteroatoms. The predicted octanol–water partition coefficient (Wildman–Crippen LogP) is 1.79. The van der Waals surface area contributed by atoms with Gasteiger partial charge in [0.05, 0.1) is 7.11 Å². The molecule has 76 valence electrons. The fourth-order valence-electron chi connectivity index (χ4n) is 1.07. The molecule has 0 radical (unpaired) electrons. The molecule has 0 aliphatic rings. The fourth-order valence-corrected chi connectivity index (χ4v) is 1.83. The SMILES string of the molecule is COC(=O)[C@H](I)Cc1ccc(N)cc1. The summed E-state index contributed by atoms with van der Waals surface area (Å²) in [5, 5.41) is 0. The number of rotatable bonds is 3. The summed E-state index contributed by atoms with van der Waals surface area (Å²) in [4.78, 5) is 11.1. The van der Waals surface area contributed by atoms with Crippen LogP contribution in [0.1, 0.15) is 5.56 Å². The van der Waals surface area contributed by atoms with Crippen molar-refractivity contribution in [1.82, 2.24) is 0 Å². The van der Waals surface area contributed by atoms with E-state index in [1.807, 2.05) is 24.3 Å². The van der Waals surface area contributed by atoms with Crippen LogP contribution in [0, 0.1) is 0 Å². The van der Waals surface area contributed by atoms with Crippen LogP contribution >= 0.6 is 22.6 Å². The Morgan fingerprint density at radius 1 is 1.50 bits per heavy atom. The van der Waals surface area contributed by atoms with Gasteiger partial charge < -0.3 is 10.5 Å². The first-order valence-electron chi connectivity index (χ1n) is 4.20. The summed E-state index contributed by atoms with van der Waals surface area (Å²) in [5.41, 5.74) is 7.37. The minimum atomic E-state index is -0.192. The summed E-state index contributed by atoms with van der Waals surface area (Å²) in [6.45, 7) is 0. The van der Waals surface area contributed by atoms with E-state index in [1.165, 1.54) is 7.11 Å². The zero-order valence-corrected chi connectivity index (χ0v) is 10.0. The van der Waals surface area contributed by atoms with Crippen LogP contribution in [0.3, 0.4) is 0 Å². The van der Waals surface area contributed by atoms with E-state index < -0.39 is 0 Å². The number of methoxy groups -OCH3 is 1. The van der Waals surface area contributed by atoms with Gasteiger partial charge in [-0.05, 0) is 24.1 Å². The lowest BCUT2D eigenvalue weighted by molar-refractivity contribution is -0.139. The zero-order valence-electron chi connectivity index (χ0n) is 7.87. The Kier molecular flexibility index (Phi) is 4.19. The molecule has 0 bridgehead atoms. The van der Waals surface area contributed by atoms with Gasteiger partial charge in [0.15, 0.2) is 0 Å². The molecule has 1 rings (SSSR count). The maximum absolute atomic E-state index is 11.1. The highest BCUT2D eigenvalue weighted by atomic mass is 127. The second-order valence-corrected chi connectivity index (χ2v) is 4.44. The van der Waals surface area contributed by atoms with Crippen molar-refractivity contribution in [3.8, 4) is 0 Å². The van der Waals surface area contributed by atoms with Gasteiger partial charge in [0.2, 0.25) is 0 Å². The molecule has 0 aromatic heterocycles. The smallest absolute Gasteiger partial charge is 0.318 e. The third-order valence-corrected chi connectivity index (χ3v) is 2.80.